The van der Waals surface area contributed by atoms with Crippen LogP contribution in [0.4, 0.5) is 4.79 Å². The molecule has 0 aliphatic carbocycles. The molecular formula is C13H13ClN2O3. The van der Waals surface area contributed by atoms with Crippen molar-refractivity contribution in [1.29, 1.82) is 0 Å². The summed E-state index contributed by atoms with van der Waals surface area (Å²) in [6, 6.07) is 4.63. The summed E-state index contributed by atoms with van der Waals surface area (Å²) in [7, 11) is 0. The van der Waals surface area contributed by atoms with Crippen molar-refractivity contribution < 1.29 is 14.3 Å². The molecule has 0 unspecified atom stereocenters. The van der Waals surface area contributed by atoms with Crippen LogP contribution < -0.4 is 15.4 Å². The Hall–Kier alpha value is -2.01. The van der Waals surface area contributed by atoms with Gasteiger partial charge in [-0.2, -0.15) is 0 Å². The molecule has 1 heterocycles. The summed E-state index contributed by atoms with van der Waals surface area (Å²) in [5, 5.41) is 4.98. The van der Waals surface area contributed by atoms with Crippen LogP contribution in [0.5, 0.6) is 5.75 Å². The number of amides is 3. The van der Waals surface area contributed by atoms with Gasteiger partial charge in [-0.1, -0.05) is 17.7 Å². The molecule has 1 fully saturated rings. The maximum Gasteiger partial charge on any atom is 0.326 e. The van der Waals surface area contributed by atoms with Crippen LogP contribution in [0.25, 0.3) is 6.08 Å². The van der Waals surface area contributed by atoms with E-state index >= 15 is 0 Å². The zero-order valence-corrected chi connectivity index (χ0v) is 11.2. The van der Waals surface area contributed by atoms with Crippen molar-refractivity contribution in [2.24, 2.45) is 0 Å². The topological polar surface area (TPSA) is 67.4 Å². The number of halogens is 1. The number of carbonyl (C=O) groups is 2. The fourth-order valence-corrected chi connectivity index (χ4v) is 1.84. The van der Waals surface area contributed by atoms with E-state index in [4.69, 9.17) is 16.3 Å². The van der Waals surface area contributed by atoms with Gasteiger partial charge in [0.05, 0.1) is 11.1 Å². The Balaban J connectivity index is 2.23. The molecule has 5 nitrogen and oxygen atoms in total. The van der Waals surface area contributed by atoms with Gasteiger partial charge in [-0.15, -0.1) is 0 Å². The second kappa shape index (κ2) is 5.32. The molecular weight excluding hydrogens is 268 g/mol. The molecule has 19 heavy (non-hydrogen) atoms. The predicted octanol–water partition coefficient (Wildman–Crippen LogP) is 2.31. The molecule has 0 radical (unpaired) electrons. The third kappa shape index (κ3) is 3.26. The van der Waals surface area contributed by atoms with Crippen LogP contribution in [0.1, 0.15) is 19.4 Å². The van der Waals surface area contributed by atoms with Gasteiger partial charge in [0, 0.05) is 0 Å². The van der Waals surface area contributed by atoms with Crippen molar-refractivity contribution in [3.8, 4) is 5.75 Å². The van der Waals surface area contributed by atoms with Gasteiger partial charge >= 0.3 is 6.03 Å². The van der Waals surface area contributed by atoms with Crippen LogP contribution in [-0.4, -0.2) is 18.0 Å². The molecule has 1 saturated heterocycles. The first kappa shape index (κ1) is 13.4. The van der Waals surface area contributed by atoms with Crippen LogP contribution in [0.15, 0.2) is 23.9 Å². The van der Waals surface area contributed by atoms with Gasteiger partial charge in [-0.05, 0) is 37.6 Å². The molecule has 1 aromatic carbocycles. The number of rotatable bonds is 3. The minimum absolute atomic E-state index is 0.0293. The molecule has 3 amide bonds. The SMILES string of the molecule is CC(C)Oc1ccc(/C=C2/NC(=O)NC2=O)cc1Cl. The first-order valence-electron chi connectivity index (χ1n) is 5.76. The van der Waals surface area contributed by atoms with Gasteiger partial charge in [-0.25, -0.2) is 4.79 Å². The summed E-state index contributed by atoms with van der Waals surface area (Å²) in [4.78, 5) is 22.3. The Morgan fingerprint density at radius 3 is 2.53 bits per heavy atom. The lowest BCUT2D eigenvalue weighted by molar-refractivity contribution is -0.115. The highest BCUT2D eigenvalue weighted by molar-refractivity contribution is 6.32. The number of benzene rings is 1. The number of nitrogens with one attached hydrogen (secondary N) is 2. The highest BCUT2D eigenvalue weighted by atomic mass is 35.5. The zero-order chi connectivity index (χ0) is 14.0. The van der Waals surface area contributed by atoms with Crippen LogP contribution in [0.3, 0.4) is 0 Å². The Morgan fingerprint density at radius 1 is 1.26 bits per heavy atom. The summed E-state index contributed by atoms with van der Waals surface area (Å²) < 4.78 is 5.51. The van der Waals surface area contributed by atoms with Gasteiger partial charge < -0.3 is 10.1 Å². The molecule has 0 atom stereocenters. The highest BCUT2D eigenvalue weighted by Gasteiger charge is 2.22. The van der Waals surface area contributed by atoms with E-state index in [1.165, 1.54) is 0 Å². The summed E-state index contributed by atoms with van der Waals surface area (Å²) in [6.07, 6.45) is 1.58. The molecule has 0 bridgehead atoms. The zero-order valence-electron chi connectivity index (χ0n) is 10.5. The molecule has 1 aliphatic rings. The monoisotopic (exact) mass is 280 g/mol. The normalized spacial score (nSPS) is 16.7. The van der Waals surface area contributed by atoms with Gasteiger partial charge in [0.15, 0.2) is 0 Å². The number of hydrogen-bond donors (Lipinski definition) is 2. The molecule has 100 valence electrons. The molecule has 1 aliphatic heterocycles. The maximum absolute atomic E-state index is 11.4. The first-order chi connectivity index (χ1) is 8.95. The summed E-state index contributed by atoms with van der Waals surface area (Å²) in [5.41, 5.74) is 0.895. The Kier molecular flexibility index (Phi) is 3.76. The number of imide groups is 1. The lowest BCUT2D eigenvalue weighted by atomic mass is 10.2. The quantitative estimate of drug-likeness (QED) is 0.659. The van der Waals surface area contributed by atoms with E-state index in [1.54, 1.807) is 24.3 Å². The number of carbonyl (C=O) groups excluding carboxylic acids is 2. The maximum atomic E-state index is 11.4. The summed E-state index contributed by atoms with van der Waals surface area (Å²) in [6.45, 7) is 3.81. The molecule has 1 aromatic rings. The van der Waals surface area contributed by atoms with E-state index in [2.05, 4.69) is 10.6 Å². The minimum atomic E-state index is -0.526. The smallest absolute Gasteiger partial charge is 0.326 e. The predicted molar refractivity (Wildman–Crippen MR) is 71.9 cm³/mol. The van der Waals surface area contributed by atoms with Crippen LogP contribution in [0, 0.1) is 0 Å². The average Bonchev–Trinajstić information content (AvgIpc) is 2.61. The number of urea groups is 1. The van der Waals surface area contributed by atoms with E-state index in [-0.39, 0.29) is 11.8 Å². The number of ether oxygens (including phenoxy) is 1. The van der Waals surface area contributed by atoms with Gasteiger partial charge in [-0.3, -0.25) is 10.1 Å². The second-order valence-corrected chi connectivity index (χ2v) is 4.73. The Labute approximate surface area is 115 Å². The van der Waals surface area contributed by atoms with Crippen molar-refractivity contribution in [1.82, 2.24) is 10.6 Å². The molecule has 2 N–H and O–H groups in total. The second-order valence-electron chi connectivity index (χ2n) is 4.32. The Bertz CT molecular complexity index is 567. The molecule has 0 saturated carbocycles. The molecule has 6 heteroatoms. The van der Waals surface area contributed by atoms with Gasteiger partial charge in [0.1, 0.15) is 11.4 Å². The minimum Gasteiger partial charge on any atom is -0.489 e. The van der Waals surface area contributed by atoms with Crippen LogP contribution in [-0.2, 0) is 4.79 Å². The third-order valence-electron chi connectivity index (χ3n) is 2.35. The van der Waals surface area contributed by atoms with E-state index in [0.717, 1.165) is 0 Å². The highest BCUT2D eigenvalue weighted by Crippen LogP contribution is 2.27. The van der Waals surface area contributed by atoms with Crippen LogP contribution >= 0.6 is 11.6 Å². The van der Waals surface area contributed by atoms with Crippen molar-refractivity contribution in [3.63, 3.8) is 0 Å². The van der Waals surface area contributed by atoms with Gasteiger partial charge in [0.25, 0.3) is 5.91 Å². The lowest BCUT2D eigenvalue weighted by Crippen LogP contribution is -2.22. The summed E-state index contributed by atoms with van der Waals surface area (Å²) >= 11 is 6.08. The van der Waals surface area contributed by atoms with Crippen LogP contribution in [0.2, 0.25) is 5.02 Å². The van der Waals surface area contributed by atoms with E-state index in [1.807, 2.05) is 13.8 Å². The Morgan fingerprint density at radius 2 is 2.00 bits per heavy atom. The standard InChI is InChI=1S/C13H13ClN2O3/c1-7(2)19-11-4-3-8(5-9(11)14)6-10-12(17)16-13(18)15-10/h3-7H,1-2H3,(H2,15,16,17,18)/b10-6+. The molecule has 2 rings (SSSR count). The van der Waals surface area contributed by atoms with E-state index in [0.29, 0.717) is 16.3 Å². The lowest BCUT2D eigenvalue weighted by Gasteiger charge is -2.11. The van der Waals surface area contributed by atoms with Crippen molar-refractivity contribution in [3.05, 3.63) is 34.5 Å². The van der Waals surface area contributed by atoms with Crippen molar-refractivity contribution in [2.45, 2.75) is 20.0 Å². The van der Waals surface area contributed by atoms with Gasteiger partial charge in [0.2, 0.25) is 0 Å². The average molecular weight is 281 g/mol. The van der Waals surface area contributed by atoms with E-state index < -0.39 is 11.9 Å². The third-order valence-corrected chi connectivity index (χ3v) is 2.64. The van der Waals surface area contributed by atoms with E-state index in [9.17, 15) is 9.59 Å². The first-order valence-corrected chi connectivity index (χ1v) is 6.14. The van der Waals surface area contributed by atoms with Crippen molar-refractivity contribution in [2.75, 3.05) is 0 Å². The summed E-state index contributed by atoms with van der Waals surface area (Å²) in [5.74, 6) is 0.127. The molecule has 0 aromatic heterocycles. The molecule has 0 spiro atoms. The fraction of sp³-hybridized carbons (Fsp3) is 0.231. The number of hydrogen-bond acceptors (Lipinski definition) is 3. The largest absolute Gasteiger partial charge is 0.489 e. The van der Waals surface area contributed by atoms with Crippen molar-refractivity contribution >= 4 is 29.6 Å². The fourth-order valence-electron chi connectivity index (χ4n) is 1.61.